The molecule has 0 atom stereocenters. The van der Waals surface area contributed by atoms with Crippen molar-refractivity contribution in [3.63, 3.8) is 0 Å². The number of fused-ring (bicyclic) bond motifs is 1. The van der Waals surface area contributed by atoms with Gasteiger partial charge in [-0.15, -0.1) is 0 Å². The van der Waals surface area contributed by atoms with Crippen LogP contribution >= 0.6 is 0 Å². The first-order valence-electron chi connectivity index (χ1n) is 7.13. The van der Waals surface area contributed by atoms with Gasteiger partial charge in [-0.05, 0) is 0 Å². The molecule has 0 saturated carbocycles. The molecule has 2 N–H and O–H groups in total. The van der Waals surface area contributed by atoms with Gasteiger partial charge in [-0.3, -0.25) is 0 Å². The fourth-order valence-corrected chi connectivity index (χ4v) is 2.94. The standard InChI is InChI=1S/C14H19N3O4/c1-20-14(3-6-21-7-4-14)13-16-10-2-5-15-8-9(10)11(17-13)12(18)19/h15H,2-8H2,1H3,(H,18,19). The van der Waals surface area contributed by atoms with E-state index in [4.69, 9.17) is 9.47 Å². The number of aromatic nitrogens is 2. The number of hydrogen-bond acceptors (Lipinski definition) is 6. The van der Waals surface area contributed by atoms with Gasteiger partial charge in [0.1, 0.15) is 5.60 Å². The van der Waals surface area contributed by atoms with Crippen LogP contribution in [-0.2, 0) is 28.0 Å². The van der Waals surface area contributed by atoms with E-state index in [-0.39, 0.29) is 5.69 Å². The average molecular weight is 293 g/mol. The minimum atomic E-state index is -1.02. The number of hydrogen-bond donors (Lipinski definition) is 2. The van der Waals surface area contributed by atoms with E-state index in [1.807, 2.05) is 0 Å². The van der Waals surface area contributed by atoms with Crippen molar-refractivity contribution in [3.8, 4) is 0 Å². The average Bonchev–Trinajstić information content (AvgIpc) is 2.54. The number of ether oxygens (including phenoxy) is 2. The Hall–Kier alpha value is -1.57. The van der Waals surface area contributed by atoms with E-state index in [2.05, 4.69) is 15.3 Å². The molecule has 1 aromatic heterocycles. The van der Waals surface area contributed by atoms with Gasteiger partial charge in [-0.25, -0.2) is 14.8 Å². The number of methoxy groups -OCH3 is 1. The number of carbonyl (C=O) groups is 1. The third kappa shape index (κ3) is 2.52. The summed E-state index contributed by atoms with van der Waals surface area (Å²) in [7, 11) is 1.62. The molecule has 0 amide bonds. The second-order valence-corrected chi connectivity index (χ2v) is 5.36. The van der Waals surface area contributed by atoms with Gasteiger partial charge in [0.2, 0.25) is 0 Å². The summed E-state index contributed by atoms with van der Waals surface area (Å²) >= 11 is 0. The van der Waals surface area contributed by atoms with Crippen molar-refractivity contribution in [1.29, 1.82) is 0 Å². The largest absolute Gasteiger partial charge is 0.476 e. The summed E-state index contributed by atoms with van der Waals surface area (Å²) in [6.45, 7) is 2.43. The van der Waals surface area contributed by atoms with Crippen LogP contribution in [0.4, 0.5) is 0 Å². The highest BCUT2D eigenvalue weighted by Crippen LogP contribution is 2.34. The highest BCUT2D eigenvalue weighted by molar-refractivity contribution is 5.87. The van der Waals surface area contributed by atoms with Crippen molar-refractivity contribution in [2.75, 3.05) is 26.9 Å². The van der Waals surface area contributed by atoms with E-state index in [1.165, 1.54) is 0 Å². The maximum absolute atomic E-state index is 11.5. The lowest BCUT2D eigenvalue weighted by Gasteiger charge is -2.35. The van der Waals surface area contributed by atoms with E-state index in [0.29, 0.717) is 50.4 Å². The highest BCUT2D eigenvalue weighted by Gasteiger charge is 2.39. The topological polar surface area (TPSA) is 93.6 Å². The molecular weight excluding hydrogens is 274 g/mol. The van der Waals surface area contributed by atoms with Gasteiger partial charge in [-0.1, -0.05) is 0 Å². The van der Waals surface area contributed by atoms with Crippen LogP contribution in [0, 0.1) is 0 Å². The van der Waals surface area contributed by atoms with Crippen molar-refractivity contribution in [3.05, 3.63) is 22.8 Å². The van der Waals surface area contributed by atoms with Crippen LogP contribution in [0.5, 0.6) is 0 Å². The van der Waals surface area contributed by atoms with E-state index in [1.54, 1.807) is 7.11 Å². The Labute approximate surface area is 122 Å². The summed E-state index contributed by atoms with van der Waals surface area (Å²) < 4.78 is 11.1. The molecule has 3 rings (SSSR count). The van der Waals surface area contributed by atoms with Crippen molar-refractivity contribution in [2.24, 2.45) is 0 Å². The molecule has 2 aliphatic rings. The summed E-state index contributed by atoms with van der Waals surface area (Å²) in [6.07, 6.45) is 1.99. The SMILES string of the molecule is COC1(c2nc3c(c(C(=O)O)n2)CNCC3)CCOCC1. The molecule has 1 saturated heterocycles. The zero-order chi connectivity index (χ0) is 14.9. The van der Waals surface area contributed by atoms with Crippen molar-refractivity contribution in [1.82, 2.24) is 15.3 Å². The lowest BCUT2D eigenvalue weighted by molar-refractivity contribution is -0.100. The highest BCUT2D eigenvalue weighted by atomic mass is 16.5. The van der Waals surface area contributed by atoms with Crippen molar-refractivity contribution in [2.45, 2.75) is 31.4 Å². The van der Waals surface area contributed by atoms with E-state index < -0.39 is 11.6 Å². The first kappa shape index (κ1) is 14.4. The van der Waals surface area contributed by atoms with Gasteiger partial charge in [0.05, 0.1) is 5.69 Å². The molecule has 0 unspecified atom stereocenters. The molecule has 114 valence electrons. The van der Waals surface area contributed by atoms with Crippen LogP contribution < -0.4 is 5.32 Å². The third-order valence-electron chi connectivity index (χ3n) is 4.23. The molecular formula is C14H19N3O4. The van der Waals surface area contributed by atoms with Gasteiger partial charge >= 0.3 is 5.97 Å². The second-order valence-electron chi connectivity index (χ2n) is 5.36. The van der Waals surface area contributed by atoms with E-state index >= 15 is 0 Å². The Balaban J connectivity index is 2.10. The van der Waals surface area contributed by atoms with Crippen LogP contribution in [-0.4, -0.2) is 47.9 Å². The molecule has 0 spiro atoms. The first-order chi connectivity index (χ1) is 10.2. The van der Waals surface area contributed by atoms with Crippen LogP contribution in [0.3, 0.4) is 0 Å². The fraction of sp³-hybridized carbons (Fsp3) is 0.643. The van der Waals surface area contributed by atoms with Gasteiger partial charge in [0, 0.05) is 58.2 Å². The minimum absolute atomic E-state index is 0.0881. The maximum Gasteiger partial charge on any atom is 0.354 e. The van der Waals surface area contributed by atoms with Crippen LogP contribution in [0.2, 0.25) is 0 Å². The Morgan fingerprint density at radius 1 is 1.38 bits per heavy atom. The Bertz CT molecular complexity index is 555. The summed E-state index contributed by atoms with van der Waals surface area (Å²) in [4.78, 5) is 20.5. The predicted molar refractivity (Wildman–Crippen MR) is 73.1 cm³/mol. The Kier molecular flexibility index (Phi) is 3.88. The molecule has 1 aromatic rings. The molecule has 1 fully saturated rings. The zero-order valence-corrected chi connectivity index (χ0v) is 12.0. The number of aromatic carboxylic acids is 1. The molecule has 2 aliphatic heterocycles. The maximum atomic E-state index is 11.5. The lowest BCUT2D eigenvalue weighted by atomic mass is 9.92. The molecule has 3 heterocycles. The monoisotopic (exact) mass is 293 g/mol. The number of carboxylic acid groups (broad SMARTS) is 1. The van der Waals surface area contributed by atoms with E-state index in [9.17, 15) is 9.90 Å². The molecule has 21 heavy (non-hydrogen) atoms. The predicted octanol–water partition coefficient (Wildman–Crippen LogP) is 0.473. The summed E-state index contributed by atoms with van der Waals surface area (Å²) in [5, 5.41) is 12.6. The normalized spacial score (nSPS) is 20.8. The van der Waals surface area contributed by atoms with Crippen LogP contribution in [0.1, 0.15) is 40.4 Å². The Morgan fingerprint density at radius 3 is 2.81 bits per heavy atom. The van der Waals surface area contributed by atoms with Gasteiger partial charge in [-0.2, -0.15) is 0 Å². The van der Waals surface area contributed by atoms with Gasteiger partial charge < -0.3 is 19.9 Å². The quantitative estimate of drug-likeness (QED) is 0.836. The van der Waals surface area contributed by atoms with Crippen molar-refractivity contribution >= 4 is 5.97 Å². The van der Waals surface area contributed by atoms with Crippen molar-refractivity contribution < 1.29 is 19.4 Å². The third-order valence-corrected chi connectivity index (χ3v) is 4.23. The summed E-state index contributed by atoms with van der Waals surface area (Å²) in [5.74, 6) is -0.539. The fourth-order valence-electron chi connectivity index (χ4n) is 2.94. The smallest absolute Gasteiger partial charge is 0.354 e. The molecule has 0 radical (unpaired) electrons. The van der Waals surface area contributed by atoms with Gasteiger partial charge in [0.25, 0.3) is 0 Å². The zero-order valence-electron chi connectivity index (χ0n) is 12.0. The number of carboxylic acids is 1. The minimum Gasteiger partial charge on any atom is -0.476 e. The first-order valence-corrected chi connectivity index (χ1v) is 7.13. The number of nitrogens with zero attached hydrogens (tertiary/aromatic N) is 2. The molecule has 0 aliphatic carbocycles. The van der Waals surface area contributed by atoms with Crippen LogP contribution in [0.15, 0.2) is 0 Å². The van der Waals surface area contributed by atoms with Crippen LogP contribution in [0.25, 0.3) is 0 Å². The lowest BCUT2D eigenvalue weighted by Crippen LogP contribution is -2.39. The molecule has 7 nitrogen and oxygen atoms in total. The second kappa shape index (κ2) is 5.67. The molecule has 7 heteroatoms. The Morgan fingerprint density at radius 2 is 2.14 bits per heavy atom. The molecule has 0 aromatic carbocycles. The summed E-state index contributed by atoms with van der Waals surface area (Å²) in [6, 6.07) is 0. The van der Waals surface area contributed by atoms with E-state index in [0.717, 1.165) is 12.2 Å². The van der Waals surface area contributed by atoms with Gasteiger partial charge in [0.15, 0.2) is 11.5 Å². The number of nitrogens with one attached hydrogen (secondary N) is 1. The molecule has 0 bridgehead atoms. The number of rotatable bonds is 3. The summed E-state index contributed by atoms with van der Waals surface area (Å²) in [5.41, 5.74) is 0.961.